The summed E-state index contributed by atoms with van der Waals surface area (Å²) in [5.74, 6) is 0. The van der Waals surface area contributed by atoms with Crippen molar-refractivity contribution in [1.82, 2.24) is 15.1 Å². The summed E-state index contributed by atoms with van der Waals surface area (Å²) in [7, 11) is 1.93. The molecule has 22 heavy (non-hydrogen) atoms. The lowest BCUT2D eigenvalue weighted by atomic mass is 9.92. The summed E-state index contributed by atoms with van der Waals surface area (Å²) in [5, 5.41) is 3.25. The Kier molecular flexibility index (Phi) is 4.98. The van der Waals surface area contributed by atoms with E-state index in [9.17, 15) is 4.79 Å². The molecule has 3 rings (SSSR count). The van der Waals surface area contributed by atoms with Gasteiger partial charge in [0.05, 0.1) is 6.04 Å². The highest BCUT2D eigenvalue weighted by Crippen LogP contribution is 2.24. The van der Waals surface area contributed by atoms with E-state index >= 15 is 0 Å². The summed E-state index contributed by atoms with van der Waals surface area (Å²) in [6.45, 7) is 3.21. The van der Waals surface area contributed by atoms with Gasteiger partial charge in [-0.3, -0.25) is 0 Å². The molecule has 1 aliphatic carbocycles. The van der Waals surface area contributed by atoms with Crippen molar-refractivity contribution in [3.8, 4) is 0 Å². The summed E-state index contributed by atoms with van der Waals surface area (Å²) < 4.78 is 0. The zero-order valence-corrected chi connectivity index (χ0v) is 13.5. The molecule has 1 N–H and O–H groups in total. The minimum Gasteiger partial charge on any atom is -0.330 e. The molecule has 2 fully saturated rings. The fourth-order valence-corrected chi connectivity index (χ4v) is 3.33. The van der Waals surface area contributed by atoms with E-state index in [1.807, 2.05) is 30.1 Å². The normalized spacial score (nSPS) is 20.4. The van der Waals surface area contributed by atoms with E-state index in [-0.39, 0.29) is 12.1 Å². The lowest BCUT2D eigenvalue weighted by Gasteiger charge is -2.36. The number of likely N-dealkylation sites (tertiary alicyclic amines) is 1. The van der Waals surface area contributed by atoms with E-state index in [0.29, 0.717) is 6.04 Å². The lowest BCUT2D eigenvalue weighted by Crippen LogP contribution is -2.48. The molecule has 4 heteroatoms. The first-order chi connectivity index (χ1) is 10.7. The fourth-order valence-electron chi connectivity index (χ4n) is 3.33. The maximum Gasteiger partial charge on any atom is 0.317 e. The van der Waals surface area contributed by atoms with Crippen LogP contribution in [0.15, 0.2) is 30.3 Å². The van der Waals surface area contributed by atoms with Crippen molar-refractivity contribution < 1.29 is 4.79 Å². The molecule has 0 bridgehead atoms. The van der Waals surface area contributed by atoms with Gasteiger partial charge in [-0.25, -0.2) is 4.79 Å². The first-order valence-electron chi connectivity index (χ1n) is 8.54. The van der Waals surface area contributed by atoms with E-state index in [4.69, 9.17) is 0 Å². The predicted molar refractivity (Wildman–Crippen MR) is 88.8 cm³/mol. The Labute approximate surface area is 133 Å². The highest BCUT2D eigenvalue weighted by atomic mass is 16.2. The molecule has 1 saturated heterocycles. The van der Waals surface area contributed by atoms with Crippen molar-refractivity contribution in [2.24, 2.45) is 0 Å². The van der Waals surface area contributed by atoms with Gasteiger partial charge in [-0.2, -0.15) is 0 Å². The number of nitrogens with zero attached hydrogens (tertiary/aromatic N) is 2. The number of benzene rings is 1. The highest BCUT2D eigenvalue weighted by Gasteiger charge is 2.28. The van der Waals surface area contributed by atoms with Gasteiger partial charge in [-0.05, 0) is 50.8 Å². The Morgan fingerprint density at radius 1 is 1.23 bits per heavy atom. The minimum absolute atomic E-state index is 0.0674. The molecule has 1 aromatic rings. The zero-order chi connectivity index (χ0) is 15.4. The van der Waals surface area contributed by atoms with Gasteiger partial charge in [0.2, 0.25) is 0 Å². The molecule has 2 aliphatic rings. The maximum absolute atomic E-state index is 12.5. The largest absolute Gasteiger partial charge is 0.330 e. The van der Waals surface area contributed by atoms with Crippen LogP contribution >= 0.6 is 0 Å². The van der Waals surface area contributed by atoms with Crippen molar-refractivity contribution >= 4 is 6.03 Å². The Balaban J connectivity index is 1.65. The monoisotopic (exact) mass is 301 g/mol. The molecule has 0 spiro atoms. The maximum atomic E-state index is 12.5. The van der Waals surface area contributed by atoms with Crippen LogP contribution in [-0.4, -0.2) is 48.6 Å². The lowest BCUT2D eigenvalue weighted by molar-refractivity contribution is 0.152. The standard InChI is InChI=1S/C18H27N3O/c1-20(16-10-7-11-16)18(22)19-17(14-21-12-5-6-13-21)15-8-3-2-4-9-15/h2-4,8-9,16-17H,5-7,10-14H2,1H3,(H,19,22)/t17-/m0/s1. The van der Waals surface area contributed by atoms with E-state index in [2.05, 4.69) is 22.3 Å². The summed E-state index contributed by atoms with van der Waals surface area (Å²) in [4.78, 5) is 16.9. The average Bonchev–Trinajstić information content (AvgIpc) is 2.98. The van der Waals surface area contributed by atoms with Crippen LogP contribution in [0.5, 0.6) is 0 Å². The molecule has 4 nitrogen and oxygen atoms in total. The number of rotatable bonds is 5. The molecule has 2 amide bonds. The number of nitrogens with one attached hydrogen (secondary N) is 1. The second-order valence-corrected chi connectivity index (χ2v) is 6.62. The molecule has 1 heterocycles. The highest BCUT2D eigenvalue weighted by molar-refractivity contribution is 5.75. The Bertz CT molecular complexity index is 480. The number of hydrogen-bond acceptors (Lipinski definition) is 2. The first-order valence-corrected chi connectivity index (χ1v) is 8.54. The van der Waals surface area contributed by atoms with Gasteiger partial charge in [-0.1, -0.05) is 30.3 Å². The number of carbonyl (C=O) groups excluding carboxylic acids is 1. The molecule has 120 valence electrons. The summed E-state index contributed by atoms with van der Waals surface area (Å²) in [5.41, 5.74) is 1.20. The molecular formula is C18H27N3O. The quantitative estimate of drug-likeness (QED) is 0.907. The van der Waals surface area contributed by atoms with Crippen LogP contribution < -0.4 is 5.32 Å². The molecule has 0 radical (unpaired) electrons. The van der Waals surface area contributed by atoms with E-state index in [0.717, 1.165) is 32.5 Å². The van der Waals surface area contributed by atoms with E-state index < -0.39 is 0 Å². The number of hydrogen-bond donors (Lipinski definition) is 1. The Hall–Kier alpha value is -1.55. The minimum atomic E-state index is 0.0674. The third-order valence-corrected chi connectivity index (χ3v) is 5.08. The topological polar surface area (TPSA) is 35.6 Å². The van der Waals surface area contributed by atoms with Crippen molar-refractivity contribution in [3.63, 3.8) is 0 Å². The second kappa shape index (κ2) is 7.14. The van der Waals surface area contributed by atoms with Crippen LogP contribution in [0.1, 0.15) is 43.7 Å². The molecule has 1 saturated carbocycles. The van der Waals surface area contributed by atoms with Crippen LogP contribution in [0.4, 0.5) is 4.79 Å². The molecule has 1 aromatic carbocycles. The average molecular weight is 301 g/mol. The second-order valence-electron chi connectivity index (χ2n) is 6.62. The van der Waals surface area contributed by atoms with Gasteiger partial charge in [0.1, 0.15) is 0 Å². The zero-order valence-electron chi connectivity index (χ0n) is 13.5. The van der Waals surface area contributed by atoms with E-state index in [1.165, 1.54) is 24.8 Å². The van der Waals surface area contributed by atoms with Gasteiger partial charge < -0.3 is 15.1 Å². The summed E-state index contributed by atoms with van der Waals surface area (Å²) in [6, 6.07) is 10.9. The fraction of sp³-hybridized carbons (Fsp3) is 0.611. The van der Waals surface area contributed by atoms with Gasteiger partial charge in [-0.15, -0.1) is 0 Å². The van der Waals surface area contributed by atoms with E-state index in [1.54, 1.807) is 0 Å². The predicted octanol–water partition coefficient (Wildman–Crippen LogP) is 3.02. The van der Waals surface area contributed by atoms with Crippen molar-refractivity contribution in [3.05, 3.63) is 35.9 Å². The molecular weight excluding hydrogens is 274 g/mol. The summed E-state index contributed by atoms with van der Waals surface area (Å²) in [6.07, 6.45) is 6.09. The smallest absolute Gasteiger partial charge is 0.317 e. The first kappa shape index (κ1) is 15.3. The van der Waals surface area contributed by atoms with Gasteiger partial charge in [0.25, 0.3) is 0 Å². The molecule has 1 atom stereocenters. The third-order valence-electron chi connectivity index (χ3n) is 5.08. The Morgan fingerprint density at radius 2 is 1.91 bits per heavy atom. The summed E-state index contributed by atoms with van der Waals surface area (Å²) >= 11 is 0. The van der Waals surface area contributed by atoms with Gasteiger partial charge in [0.15, 0.2) is 0 Å². The molecule has 0 aromatic heterocycles. The molecule has 0 unspecified atom stereocenters. The van der Waals surface area contributed by atoms with Crippen LogP contribution in [0.2, 0.25) is 0 Å². The van der Waals surface area contributed by atoms with Gasteiger partial charge in [0, 0.05) is 19.6 Å². The van der Waals surface area contributed by atoms with Gasteiger partial charge >= 0.3 is 6.03 Å². The Morgan fingerprint density at radius 3 is 2.50 bits per heavy atom. The van der Waals surface area contributed by atoms with Crippen LogP contribution in [0.3, 0.4) is 0 Å². The van der Waals surface area contributed by atoms with Crippen molar-refractivity contribution in [2.75, 3.05) is 26.7 Å². The van der Waals surface area contributed by atoms with Crippen molar-refractivity contribution in [1.29, 1.82) is 0 Å². The molecule has 1 aliphatic heterocycles. The SMILES string of the molecule is CN(C(=O)N[C@@H](CN1CCCC1)c1ccccc1)C1CCC1. The van der Waals surface area contributed by atoms with Crippen LogP contribution in [0, 0.1) is 0 Å². The van der Waals surface area contributed by atoms with Crippen molar-refractivity contribution in [2.45, 2.75) is 44.2 Å². The number of urea groups is 1. The number of carbonyl (C=O) groups is 1. The van der Waals surface area contributed by atoms with Crippen LogP contribution in [-0.2, 0) is 0 Å². The third kappa shape index (κ3) is 3.61. The van der Waals surface area contributed by atoms with Crippen LogP contribution in [0.25, 0.3) is 0 Å². The number of amides is 2.